The summed E-state index contributed by atoms with van der Waals surface area (Å²) in [6.07, 6.45) is 8.57. The molecule has 0 aromatic carbocycles. The van der Waals surface area contributed by atoms with Gasteiger partial charge in [0.25, 0.3) is 5.91 Å². The number of carbonyl (C=O) groups is 1. The second-order valence-corrected chi connectivity index (χ2v) is 5.93. The standard InChI is InChI=1S/C16H19N5O/c22-16(18-12-1-2-12)14-11-21-10-9-20(8-5-15(21)19-14)13-3-6-17-7-4-13/h3-4,6-7,11-12H,1-2,5,8-10H2,(H,18,22). The summed E-state index contributed by atoms with van der Waals surface area (Å²) >= 11 is 0. The highest BCUT2D eigenvalue weighted by molar-refractivity contribution is 5.92. The molecular weight excluding hydrogens is 278 g/mol. The van der Waals surface area contributed by atoms with Gasteiger partial charge in [0.15, 0.2) is 0 Å². The Kier molecular flexibility index (Phi) is 3.29. The Morgan fingerprint density at radius 3 is 2.77 bits per heavy atom. The fraction of sp³-hybridized carbons (Fsp3) is 0.438. The number of hydrogen-bond donors (Lipinski definition) is 1. The van der Waals surface area contributed by atoms with Crippen molar-refractivity contribution in [2.45, 2.75) is 31.8 Å². The van der Waals surface area contributed by atoms with E-state index in [1.54, 1.807) is 0 Å². The summed E-state index contributed by atoms with van der Waals surface area (Å²) in [5.41, 5.74) is 1.74. The van der Waals surface area contributed by atoms with E-state index in [9.17, 15) is 4.79 Å². The highest BCUT2D eigenvalue weighted by Crippen LogP contribution is 2.20. The Morgan fingerprint density at radius 2 is 2.00 bits per heavy atom. The zero-order valence-electron chi connectivity index (χ0n) is 12.4. The van der Waals surface area contributed by atoms with Crippen molar-refractivity contribution in [3.05, 3.63) is 42.2 Å². The van der Waals surface area contributed by atoms with E-state index in [0.717, 1.165) is 44.7 Å². The van der Waals surface area contributed by atoms with E-state index in [1.807, 2.05) is 30.7 Å². The Hall–Kier alpha value is -2.37. The average molecular weight is 297 g/mol. The fourth-order valence-electron chi connectivity index (χ4n) is 2.83. The van der Waals surface area contributed by atoms with Crippen LogP contribution in [0.4, 0.5) is 5.69 Å². The summed E-state index contributed by atoms with van der Waals surface area (Å²) in [7, 11) is 0. The SMILES string of the molecule is O=C(NC1CC1)c1cn2c(n1)CCN(c1ccncc1)CC2. The lowest BCUT2D eigenvalue weighted by Gasteiger charge is -2.21. The zero-order valence-corrected chi connectivity index (χ0v) is 12.4. The van der Waals surface area contributed by atoms with Gasteiger partial charge in [0, 0.05) is 56.4 Å². The molecule has 0 unspecified atom stereocenters. The number of carbonyl (C=O) groups excluding carboxylic acids is 1. The first kappa shape index (κ1) is 13.3. The van der Waals surface area contributed by atoms with Crippen molar-refractivity contribution < 1.29 is 4.79 Å². The van der Waals surface area contributed by atoms with Crippen LogP contribution in [0.25, 0.3) is 0 Å². The summed E-state index contributed by atoms with van der Waals surface area (Å²) in [4.78, 5) is 23.0. The van der Waals surface area contributed by atoms with Crippen LogP contribution < -0.4 is 10.2 Å². The molecule has 1 N–H and O–H groups in total. The maximum Gasteiger partial charge on any atom is 0.271 e. The number of nitrogens with zero attached hydrogens (tertiary/aromatic N) is 4. The molecule has 2 aromatic heterocycles. The molecule has 2 aromatic rings. The van der Waals surface area contributed by atoms with E-state index in [1.165, 1.54) is 5.69 Å². The number of hydrogen-bond acceptors (Lipinski definition) is 4. The van der Waals surface area contributed by atoms with E-state index in [4.69, 9.17) is 0 Å². The first-order valence-electron chi connectivity index (χ1n) is 7.81. The first-order chi connectivity index (χ1) is 10.8. The first-order valence-corrected chi connectivity index (χ1v) is 7.81. The zero-order chi connectivity index (χ0) is 14.9. The van der Waals surface area contributed by atoms with E-state index in [-0.39, 0.29) is 5.91 Å². The van der Waals surface area contributed by atoms with Gasteiger partial charge in [-0.25, -0.2) is 4.98 Å². The number of imidazole rings is 1. The summed E-state index contributed by atoms with van der Waals surface area (Å²) in [5.74, 6) is 0.964. The highest BCUT2D eigenvalue weighted by Gasteiger charge is 2.26. The van der Waals surface area contributed by atoms with Gasteiger partial charge >= 0.3 is 0 Å². The number of amides is 1. The molecule has 2 aliphatic rings. The van der Waals surface area contributed by atoms with Gasteiger partial charge in [0.1, 0.15) is 11.5 Å². The van der Waals surface area contributed by atoms with E-state index in [0.29, 0.717) is 11.7 Å². The summed E-state index contributed by atoms with van der Waals surface area (Å²) in [5, 5.41) is 3.00. The third-order valence-corrected chi connectivity index (χ3v) is 4.25. The van der Waals surface area contributed by atoms with Crippen molar-refractivity contribution in [1.29, 1.82) is 0 Å². The van der Waals surface area contributed by atoms with Crippen LogP contribution in [-0.2, 0) is 13.0 Å². The molecule has 3 heterocycles. The van der Waals surface area contributed by atoms with Gasteiger partial charge in [-0.2, -0.15) is 0 Å². The molecule has 1 aliphatic heterocycles. The van der Waals surface area contributed by atoms with Gasteiger partial charge in [-0.05, 0) is 25.0 Å². The molecule has 1 saturated carbocycles. The van der Waals surface area contributed by atoms with Crippen molar-refractivity contribution in [3.8, 4) is 0 Å². The van der Waals surface area contributed by atoms with Crippen LogP contribution in [0, 0.1) is 0 Å². The molecule has 114 valence electrons. The quantitative estimate of drug-likeness (QED) is 0.925. The monoisotopic (exact) mass is 297 g/mol. The van der Waals surface area contributed by atoms with Crippen molar-refractivity contribution in [2.75, 3.05) is 18.0 Å². The van der Waals surface area contributed by atoms with Gasteiger partial charge in [-0.15, -0.1) is 0 Å². The van der Waals surface area contributed by atoms with Gasteiger partial charge < -0.3 is 14.8 Å². The fourth-order valence-corrected chi connectivity index (χ4v) is 2.83. The van der Waals surface area contributed by atoms with Crippen molar-refractivity contribution in [1.82, 2.24) is 19.9 Å². The van der Waals surface area contributed by atoms with E-state index >= 15 is 0 Å². The van der Waals surface area contributed by atoms with Crippen LogP contribution >= 0.6 is 0 Å². The van der Waals surface area contributed by atoms with Crippen LogP contribution in [0.2, 0.25) is 0 Å². The molecule has 6 heteroatoms. The lowest BCUT2D eigenvalue weighted by atomic mass is 10.3. The summed E-state index contributed by atoms with van der Waals surface area (Å²) in [6, 6.07) is 4.43. The summed E-state index contributed by atoms with van der Waals surface area (Å²) < 4.78 is 2.11. The smallest absolute Gasteiger partial charge is 0.271 e. The maximum absolute atomic E-state index is 12.1. The third kappa shape index (κ3) is 2.68. The minimum Gasteiger partial charge on any atom is -0.369 e. The average Bonchev–Trinajstić information content (AvgIpc) is 3.30. The molecule has 0 radical (unpaired) electrons. The van der Waals surface area contributed by atoms with Gasteiger partial charge in [0.05, 0.1) is 0 Å². The number of nitrogens with one attached hydrogen (secondary N) is 1. The Balaban J connectivity index is 1.47. The Bertz CT molecular complexity index is 652. The minimum atomic E-state index is -0.0333. The molecular formula is C16H19N5O. The molecule has 6 nitrogen and oxygen atoms in total. The van der Waals surface area contributed by atoms with Crippen LogP contribution in [0.5, 0.6) is 0 Å². The second-order valence-electron chi connectivity index (χ2n) is 5.93. The molecule has 4 rings (SSSR count). The van der Waals surface area contributed by atoms with Crippen molar-refractivity contribution >= 4 is 11.6 Å². The molecule has 0 atom stereocenters. The molecule has 0 saturated heterocycles. The van der Waals surface area contributed by atoms with Crippen LogP contribution in [0.15, 0.2) is 30.7 Å². The largest absolute Gasteiger partial charge is 0.369 e. The highest BCUT2D eigenvalue weighted by atomic mass is 16.2. The lowest BCUT2D eigenvalue weighted by molar-refractivity contribution is 0.0946. The van der Waals surface area contributed by atoms with Crippen LogP contribution in [-0.4, -0.2) is 39.6 Å². The second kappa shape index (κ2) is 5.44. The normalized spacial score (nSPS) is 17.7. The molecule has 22 heavy (non-hydrogen) atoms. The predicted molar refractivity (Wildman–Crippen MR) is 82.9 cm³/mol. The molecule has 1 fully saturated rings. The topological polar surface area (TPSA) is 63.1 Å². The maximum atomic E-state index is 12.1. The van der Waals surface area contributed by atoms with Crippen molar-refractivity contribution in [2.24, 2.45) is 0 Å². The van der Waals surface area contributed by atoms with Gasteiger partial charge in [-0.1, -0.05) is 0 Å². The number of aromatic nitrogens is 3. The van der Waals surface area contributed by atoms with Gasteiger partial charge in [0.2, 0.25) is 0 Å². The molecule has 0 bridgehead atoms. The number of pyridine rings is 1. The van der Waals surface area contributed by atoms with Crippen molar-refractivity contribution in [3.63, 3.8) is 0 Å². The number of fused-ring (bicyclic) bond motifs is 1. The molecule has 0 spiro atoms. The third-order valence-electron chi connectivity index (χ3n) is 4.25. The van der Waals surface area contributed by atoms with Crippen LogP contribution in [0.3, 0.4) is 0 Å². The van der Waals surface area contributed by atoms with E-state index < -0.39 is 0 Å². The predicted octanol–water partition coefficient (Wildman–Crippen LogP) is 1.23. The number of anilines is 1. The molecule has 1 aliphatic carbocycles. The lowest BCUT2D eigenvalue weighted by Crippen LogP contribution is -2.27. The molecule has 1 amide bonds. The minimum absolute atomic E-state index is 0.0333. The van der Waals surface area contributed by atoms with E-state index in [2.05, 4.69) is 24.8 Å². The number of rotatable bonds is 3. The van der Waals surface area contributed by atoms with Crippen LogP contribution in [0.1, 0.15) is 29.2 Å². The Morgan fingerprint density at radius 1 is 1.18 bits per heavy atom. The Labute approximate surface area is 129 Å². The van der Waals surface area contributed by atoms with Gasteiger partial charge in [-0.3, -0.25) is 9.78 Å². The summed E-state index contributed by atoms with van der Waals surface area (Å²) in [6.45, 7) is 2.67.